The molecule has 2 aliphatic heterocycles. The fourth-order valence-electron chi connectivity index (χ4n) is 3.74. The third-order valence-electron chi connectivity index (χ3n) is 5.05. The van der Waals surface area contributed by atoms with Gasteiger partial charge in [0.25, 0.3) is 0 Å². The minimum atomic E-state index is 0.322. The zero-order valence-electron chi connectivity index (χ0n) is 12.1. The van der Waals surface area contributed by atoms with Crippen molar-refractivity contribution in [2.75, 3.05) is 7.05 Å². The van der Waals surface area contributed by atoms with E-state index in [-0.39, 0.29) is 0 Å². The van der Waals surface area contributed by atoms with Crippen LogP contribution < -0.4 is 5.32 Å². The van der Waals surface area contributed by atoms with Crippen molar-refractivity contribution in [3.05, 3.63) is 33.8 Å². The van der Waals surface area contributed by atoms with Gasteiger partial charge in [0, 0.05) is 34.2 Å². The van der Waals surface area contributed by atoms with Crippen LogP contribution in [-0.2, 0) is 0 Å². The minimum absolute atomic E-state index is 0.322. The molecule has 3 rings (SSSR count). The summed E-state index contributed by atoms with van der Waals surface area (Å²) in [7, 11) is 2.23. The molecule has 110 valence electrons. The average Bonchev–Trinajstić information content (AvgIpc) is 2.76. The molecule has 0 saturated carbocycles. The van der Waals surface area contributed by atoms with E-state index < -0.39 is 0 Å². The second kappa shape index (κ2) is 5.84. The number of rotatable bonds is 3. The van der Waals surface area contributed by atoms with Gasteiger partial charge in [0.05, 0.1) is 0 Å². The Labute approximate surface area is 131 Å². The highest BCUT2D eigenvalue weighted by Gasteiger charge is 2.36. The van der Waals surface area contributed by atoms with Crippen LogP contribution in [0, 0.1) is 0 Å². The van der Waals surface area contributed by atoms with E-state index in [4.69, 9.17) is 23.2 Å². The molecule has 2 bridgehead atoms. The van der Waals surface area contributed by atoms with Crippen LogP contribution in [0.15, 0.2) is 18.2 Å². The summed E-state index contributed by atoms with van der Waals surface area (Å²) in [5.74, 6) is 0. The number of fused-ring (bicyclic) bond motifs is 2. The SMILES string of the molecule is CC(c1ccc(Cl)cc1Cl)N(C)C1CC2CCC(C1)N2. The lowest BCUT2D eigenvalue weighted by Gasteiger charge is -2.39. The van der Waals surface area contributed by atoms with Gasteiger partial charge in [0.2, 0.25) is 0 Å². The Kier molecular flexibility index (Phi) is 4.28. The maximum Gasteiger partial charge on any atom is 0.0468 e. The van der Waals surface area contributed by atoms with Crippen molar-refractivity contribution in [1.29, 1.82) is 0 Å². The molecule has 0 aliphatic carbocycles. The third-order valence-corrected chi connectivity index (χ3v) is 5.61. The lowest BCUT2D eigenvalue weighted by molar-refractivity contribution is 0.133. The van der Waals surface area contributed by atoms with Crippen molar-refractivity contribution in [2.24, 2.45) is 0 Å². The van der Waals surface area contributed by atoms with Crippen LogP contribution in [0.4, 0.5) is 0 Å². The Morgan fingerprint density at radius 1 is 1.20 bits per heavy atom. The van der Waals surface area contributed by atoms with Crippen LogP contribution in [-0.4, -0.2) is 30.1 Å². The normalized spacial score (nSPS) is 30.8. The van der Waals surface area contributed by atoms with Crippen molar-refractivity contribution < 1.29 is 0 Å². The van der Waals surface area contributed by atoms with Crippen LogP contribution in [0.3, 0.4) is 0 Å². The maximum atomic E-state index is 6.35. The standard InChI is InChI=1S/C16H22Cl2N2/c1-10(15-6-3-11(17)7-16(15)18)20(2)14-8-12-4-5-13(9-14)19-12/h3,6-7,10,12-14,19H,4-5,8-9H2,1-2H3. The first-order chi connectivity index (χ1) is 9.54. The molecule has 1 aromatic carbocycles. The molecule has 3 atom stereocenters. The number of halogens is 2. The fourth-order valence-corrected chi connectivity index (χ4v) is 4.30. The Balaban J connectivity index is 1.74. The van der Waals surface area contributed by atoms with Crippen molar-refractivity contribution in [2.45, 2.75) is 56.8 Å². The third kappa shape index (κ3) is 2.85. The van der Waals surface area contributed by atoms with Crippen LogP contribution in [0.25, 0.3) is 0 Å². The molecule has 0 spiro atoms. The van der Waals surface area contributed by atoms with E-state index in [9.17, 15) is 0 Å². The summed E-state index contributed by atoms with van der Waals surface area (Å²) >= 11 is 12.3. The van der Waals surface area contributed by atoms with Crippen LogP contribution in [0.1, 0.15) is 44.2 Å². The van der Waals surface area contributed by atoms with Gasteiger partial charge in [-0.25, -0.2) is 0 Å². The van der Waals surface area contributed by atoms with Crippen LogP contribution >= 0.6 is 23.2 Å². The highest BCUT2D eigenvalue weighted by molar-refractivity contribution is 6.35. The van der Waals surface area contributed by atoms with Gasteiger partial charge in [0.15, 0.2) is 0 Å². The van der Waals surface area contributed by atoms with Crippen molar-refractivity contribution in [3.63, 3.8) is 0 Å². The van der Waals surface area contributed by atoms with Gasteiger partial charge >= 0.3 is 0 Å². The number of piperidine rings is 1. The zero-order chi connectivity index (χ0) is 14.3. The number of hydrogen-bond donors (Lipinski definition) is 1. The summed E-state index contributed by atoms with van der Waals surface area (Å²) in [4.78, 5) is 2.49. The highest BCUT2D eigenvalue weighted by atomic mass is 35.5. The van der Waals surface area contributed by atoms with Crippen LogP contribution in [0.2, 0.25) is 10.0 Å². The molecule has 20 heavy (non-hydrogen) atoms. The topological polar surface area (TPSA) is 15.3 Å². The monoisotopic (exact) mass is 312 g/mol. The van der Waals surface area contributed by atoms with Crippen molar-refractivity contribution in [3.8, 4) is 0 Å². The van der Waals surface area contributed by atoms with E-state index in [1.165, 1.54) is 31.2 Å². The molecule has 3 unspecified atom stereocenters. The molecule has 2 saturated heterocycles. The van der Waals surface area contributed by atoms with Crippen molar-refractivity contribution in [1.82, 2.24) is 10.2 Å². The first-order valence-corrected chi connectivity index (χ1v) is 8.23. The zero-order valence-corrected chi connectivity index (χ0v) is 13.6. The lowest BCUT2D eigenvalue weighted by Crippen LogP contribution is -2.47. The van der Waals surface area contributed by atoms with E-state index in [0.717, 1.165) is 5.02 Å². The summed E-state index contributed by atoms with van der Waals surface area (Å²) in [6, 6.07) is 8.23. The average molecular weight is 313 g/mol. The summed E-state index contributed by atoms with van der Waals surface area (Å²) in [6.45, 7) is 2.24. The maximum absolute atomic E-state index is 6.35. The van der Waals surface area contributed by atoms with E-state index in [1.807, 2.05) is 12.1 Å². The Morgan fingerprint density at radius 2 is 1.85 bits per heavy atom. The quantitative estimate of drug-likeness (QED) is 0.896. The number of benzene rings is 1. The van der Waals surface area contributed by atoms with Gasteiger partial charge in [-0.05, 0) is 57.4 Å². The summed E-state index contributed by atoms with van der Waals surface area (Å²) in [6.07, 6.45) is 5.18. The number of nitrogens with one attached hydrogen (secondary N) is 1. The summed E-state index contributed by atoms with van der Waals surface area (Å²) in [5.41, 5.74) is 1.17. The van der Waals surface area contributed by atoms with Gasteiger partial charge in [-0.3, -0.25) is 4.90 Å². The molecular formula is C16H22Cl2N2. The molecule has 2 heterocycles. The van der Waals surface area contributed by atoms with Gasteiger partial charge in [-0.1, -0.05) is 29.3 Å². The van der Waals surface area contributed by atoms with Gasteiger partial charge in [-0.2, -0.15) is 0 Å². The van der Waals surface area contributed by atoms with E-state index in [1.54, 1.807) is 0 Å². The fraction of sp³-hybridized carbons (Fsp3) is 0.625. The van der Waals surface area contributed by atoms with Gasteiger partial charge < -0.3 is 5.32 Å². The molecule has 2 fully saturated rings. The molecule has 0 radical (unpaired) electrons. The van der Waals surface area contributed by atoms with Gasteiger partial charge in [0.1, 0.15) is 0 Å². The molecular weight excluding hydrogens is 291 g/mol. The molecule has 2 nitrogen and oxygen atoms in total. The molecule has 4 heteroatoms. The first kappa shape index (κ1) is 14.6. The minimum Gasteiger partial charge on any atom is -0.311 e. The number of hydrogen-bond acceptors (Lipinski definition) is 2. The molecule has 1 aromatic rings. The molecule has 1 N–H and O–H groups in total. The smallest absolute Gasteiger partial charge is 0.0468 e. The Bertz CT molecular complexity index is 479. The van der Waals surface area contributed by atoms with Crippen LogP contribution in [0.5, 0.6) is 0 Å². The highest BCUT2D eigenvalue weighted by Crippen LogP contribution is 2.35. The predicted molar refractivity (Wildman–Crippen MR) is 85.6 cm³/mol. The van der Waals surface area contributed by atoms with Crippen molar-refractivity contribution >= 4 is 23.2 Å². The largest absolute Gasteiger partial charge is 0.311 e. The molecule has 2 aliphatic rings. The second-order valence-electron chi connectivity index (χ2n) is 6.27. The van der Waals surface area contributed by atoms with E-state index in [2.05, 4.69) is 30.3 Å². The first-order valence-electron chi connectivity index (χ1n) is 7.47. The summed E-state index contributed by atoms with van der Waals surface area (Å²) in [5, 5.41) is 5.18. The number of nitrogens with zero attached hydrogens (tertiary/aromatic N) is 1. The molecule has 0 aromatic heterocycles. The van der Waals surface area contributed by atoms with Gasteiger partial charge in [-0.15, -0.1) is 0 Å². The van der Waals surface area contributed by atoms with E-state index in [0.29, 0.717) is 29.2 Å². The second-order valence-corrected chi connectivity index (χ2v) is 7.11. The predicted octanol–water partition coefficient (Wildman–Crippen LogP) is 4.27. The Hall–Kier alpha value is -0.280. The Morgan fingerprint density at radius 3 is 2.45 bits per heavy atom. The lowest BCUT2D eigenvalue weighted by atomic mass is 9.96. The summed E-state index contributed by atoms with van der Waals surface area (Å²) < 4.78 is 0. The van der Waals surface area contributed by atoms with E-state index >= 15 is 0 Å². The molecule has 0 amide bonds.